The first-order valence-corrected chi connectivity index (χ1v) is 5.68. The maximum absolute atomic E-state index is 12.0. The van der Waals surface area contributed by atoms with Crippen LogP contribution in [0.4, 0.5) is 4.39 Å². The Morgan fingerprint density at radius 2 is 1.93 bits per heavy atom. The monoisotopic (exact) mass is 210 g/mol. The van der Waals surface area contributed by atoms with E-state index in [0.29, 0.717) is 5.92 Å². The topological polar surface area (TPSA) is 0 Å². The molecule has 0 aromatic heterocycles. The van der Waals surface area contributed by atoms with Crippen LogP contribution in [0.15, 0.2) is 35.2 Å². The van der Waals surface area contributed by atoms with Gasteiger partial charge in [0.25, 0.3) is 0 Å². The number of hydrogen-bond donors (Lipinski definition) is 0. The lowest BCUT2D eigenvalue weighted by atomic mass is 10.1. The molecule has 0 atom stereocenters. The van der Waals surface area contributed by atoms with Gasteiger partial charge in [0.2, 0.25) is 0 Å². The van der Waals surface area contributed by atoms with E-state index in [0.717, 1.165) is 4.90 Å². The average Bonchev–Trinajstić information content (AvgIpc) is 2.17. The van der Waals surface area contributed by atoms with E-state index in [1.165, 1.54) is 17.3 Å². The summed E-state index contributed by atoms with van der Waals surface area (Å²) < 4.78 is 12.0. The fourth-order valence-electron chi connectivity index (χ4n) is 1.04. The molecule has 0 radical (unpaired) electrons. The molecule has 0 unspecified atom stereocenters. The molecule has 0 aliphatic heterocycles. The van der Waals surface area contributed by atoms with E-state index in [-0.39, 0.29) is 6.01 Å². The zero-order chi connectivity index (χ0) is 10.4. The fourth-order valence-corrected chi connectivity index (χ4v) is 1.50. The molecule has 0 saturated carbocycles. The van der Waals surface area contributed by atoms with Gasteiger partial charge in [-0.05, 0) is 23.6 Å². The van der Waals surface area contributed by atoms with Crippen molar-refractivity contribution in [2.45, 2.75) is 18.7 Å². The van der Waals surface area contributed by atoms with E-state index >= 15 is 0 Å². The van der Waals surface area contributed by atoms with Gasteiger partial charge in [-0.2, -0.15) is 0 Å². The lowest BCUT2D eigenvalue weighted by Crippen LogP contribution is -1.78. The van der Waals surface area contributed by atoms with Crippen molar-refractivity contribution < 1.29 is 4.39 Å². The minimum absolute atomic E-state index is 0.360. The lowest BCUT2D eigenvalue weighted by Gasteiger charge is -1.98. The molecule has 0 spiro atoms. The first-order valence-electron chi connectivity index (χ1n) is 4.69. The first-order chi connectivity index (χ1) is 6.72. The summed E-state index contributed by atoms with van der Waals surface area (Å²) in [5, 5.41) is 0. The summed E-state index contributed by atoms with van der Waals surface area (Å²) in [4.78, 5) is 0.981. The Bertz CT molecular complexity index is 288. The van der Waals surface area contributed by atoms with Crippen LogP contribution in [0.1, 0.15) is 19.4 Å². The van der Waals surface area contributed by atoms with Crippen molar-refractivity contribution in [1.29, 1.82) is 0 Å². The van der Waals surface area contributed by atoms with E-state index in [1.807, 2.05) is 24.3 Å². The summed E-state index contributed by atoms with van der Waals surface area (Å²) in [6.45, 7) is 4.29. The molecule has 1 aromatic rings. The summed E-state index contributed by atoms with van der Waals surface area (Å²) in [5.74, 6) is 0.565. The van der Waals surface area contributed by atoms with Crippen LogP contribution in [0.2, 0.25) is 0 Å². The van der Waals surface area contributed by atoms with Crippen LogP contribution in [-0.2, 0) is 0 Å². The normalized spacial score (nSPS) is 11.4. The van der Waals surface area contributed by atoms with Gasteiger partial charge in [-0.3, -0.25) is 0 Å². The third kappa shape index (κ3) is 3.97. The van der Waals surface area contributed by atoms with Crippen LogP contribution in [0.3, 0.4) is 0 Å². The Balaban J connectivity index is 2.64. The highest BCUT2D eigenvalue weighted by atomic mass is 32.2. The van der Waals surface area contributed by atoms with Crippen molar-refractivity contribution in [1.82, 2.24) is 0 Å². The molecule has 14 heavy (non-hydrogen) atoms. The van der Waals surface area contributed by atoms with Gasteiger partial charge in [0.05, 0.1) is 0 Å². The van der Waals surface area contributed by atoms with Crippen LogP contribution in [0, 0.1) is 5.92 Å². The lowest BCUT2D eigenvalue weighted by molar-refractivity contribution is 0.605. The van der Waals surface area contributed by atoms with Gasteiger partial charge in [-0.15, -0.1) is 0 Å². The number of alkyl halides is 1. The fraction of sp³-hybridized carbons (Fsp3) is 0.333. The highest BCUT2D eigenvalue weighted by Gasteiger charge is 1.92. The molecule has 0 bridgehead atoms. The Kier molecular flexibility index (Phi) is 4.74. The third-order valence-corrected chi connectivity index (χ3v) is 2.49. The zero-order valence-corrected chi connectivity index (χ0v) is 9.35. The van der Waals surface area contributed by atoms with E-state index in [4.69, 9.17) is 0 Å². The van der Waals surface area contributed by atoms with Crippen LogP contribution < -0.4 is 0 Å². The molecule has 1 rings (SSSR count). The summed E-state index contributed by atoms with van der Waals surface area (Å²) in [5.41, 5.74) is 1.17. The van der Waals surface area contributed by atoms with E-state index in [2.05, 4.69) is 26.0 Å². The number of thioether (sulfide) groups is 1. The number of rotatable bonds is 4. The smallest absolute Gasteiger partial charge is 0.139 e. The van der Waals surface area contributed by atoms with Crippen LogP contribution >= 0.6 is 11.8 Å². The number of hydrogen-bond acceptors (Lipinski definition) is 1. The summed E-state index contributed by atoms with van der Waals surface area (Å²) in [6, 6.07) is 7.56. The first kappa shape index (κ1) is 11.3. The Hall–Kier alpha value is -0.760. The maximum atomic E-state index is 12.0. The highest BCUT2D eigenvalue weighted by Crippen LogP contribution is 2.18. The van der Waals surface area contributed by atoms with Crippen molar-refractivity contribution in [3.63, 3.8) is 0 Å². The predicted octanol–water partition coefficient (Wildman–Crippen LogP) is 4.37. The second kappa shape index (κ2) is 5.86. The van der Waals surface area contributed by atoms with E-state index in [1.54, 1.807) is 0 Å². The van der Waals surface area contributed by atoms with Crippen LogP contribution in [0.5, 0.6) is 0 Å². The molecule has 76 valence electrons. The molecule has 0 N–H and O–H groups in total. The van der Waals surface area contributed by atoms with Crippen molar-refractivity contribution in [3.8, 4) is 0 Å². The second-order valence-electron chi connectivity index (χ2n) is 3.43. The molecule has 0 heterocycles. The summed E-state index contributed by atoms with van der Waals surface area (Å²) in [7, 11) is 0. The summed E-state index contributed by atoms with van der Waals surface area (Å²) in [6.07, 6.45) is 4.24. The van der Waals surface area contributed by atoms with E-state index in [9.17, 15) is 4.39 Å². The summed E-state index contributed by atoms with van der Waals surface area (Å²) >= 11 is 1.22. The van der Waals surface area contributed by atoms with Crippen LogP contribution in [-0.4, -0.2) is 6.01 Å². The van der Waals surface area contributed by atoms with Crippen molar-refractivity contribution in [2.24, 2.45) is 5.92 Å². The number of allylic oxidation sites excluding steroid dienone is 1. The van der Waals surface area contributed by atoms with Crippen molar-refractivity contribution >= 4 is 17.8 Å². The number of benzene rings is 1. The Labute approximate surface area is 89.2 Å². The molecule has 0 nitrogen and oxygen atoms in total. The molecule has 0 aliphatic rings. The number of halogens is 1. The minimum atomic E-state index is -0.360. The van der Waals surface area contributed by atoms with Crippen molar-refractivity contribution in [3.05, 3.63) is 35.9 Å². The molecular formula is C12H15FS. The molecule has 0 fully saturated rings. The Morgan fingerprint density at radius 1 is 1.29 bits per heavy atom. The van der Waals surface area contributed by atoms with Gasteiger partial charge in [0.15, 0.2) is 0 Å². The van der Waals surface area contributed by atoms with Gasteiger partial charge < -0.3 is 0 Å². The molecule has 0 aliphatic carbocycles. The predicted molar refractivity (Wildman–Crippen MR) is 62.1 cm³/mol. The van der Waals surface area contributed by atoms with Gasteiger partial charge in [0.1, 0.15) is 6.01 Å². The third-order valence-electron chi connectivity index (χ3n) is 1.77. The SMILES string of the molecule is CC(C)/C=C/c1ccc(SCF)cc1. The zero-order valence-electron chi connectivity index (χ0n) is 8.53. The largest absolute Gasteiger partial charge is 0.239 e. The molecule has 0 amide bonds. The molecule has 1 aromatic carbocycles. The molecular weight excluding hydrogens is 195 g/mol. The van der Waals surface area contributed by atoms with Gasteiger partial charge in [-0.25, -0.2) is 4.39 Å². The van der Waals surface area contributed by atoms with Gasteiger partial charge >= 0.3 is 0 Å². The molecule has 2 heteroatoms. The molecule has 0 saturated heterocycles. The standard InChI is InChI=1S/C12H15FS/c1-10(2)3-4-11-5-7-12(8-6-11)14-9-13/h3-8,10H,9H2,1-2H3/b4-3+. The van der Waals surface area contributed by atoms with Gasteiger partial charge in [0, 0.05) is 4.90 Å². The Morgan fingerprint density at radius 3 is 2.43 bits per heavy atom. The van der Waals surface area contributed by atoms with Crippen LogP contribution in [0.25, 0.3) is 6.08 Å². The second-order valence-corrected chi connectivity index (χ2v) is 4.40. The highest BCUT2D eigenvalue weighted by molar-refractivity contribution is 7.99. The van der Waals surface area contributed by atoms with E-state index < -0.39 is 0 Å². The quantitative estimate of drug-likeness (QED) is 0.665. The minimum Gasteiger partial charge on any atom is -0.239 e. The average molecular weight is 210 g/mol. The van der Waals surface area contributed by atoms with Crippen molar-refractivity contribution in [2.75, 3.05) is 6.01 Å². The van der Waals surface area contributed by atoms with Gasteiger partial charge in [-0.1, -0.05) is 49.9 Å². The maximum Gasteiger partial charge on any atom is 0.139 e.